The third-order valence-corrected chi connectivity index (χ3v) is 5.50. The van der Waals surface area contributed by atoms with E-state index < -0.39 is 0 Å². The molecular weight excluding hydrogens is 280 g/mol. The summed E-state index contributed by atoms with van der Waals surface area (Å²) in [5.41, 5.74) is 1.05. The van der Waals surface area contributed by atoms with Crippen molar-refractivity contribution in [2.75, 3.05) is 7.05 Å². The lowest BCUT2D eigenvalue weighted by Gasteiger charge is -2.31. The Labute approximate surface area is 130 Å². The molecule has 1 aliphatic rings. The maximum absolute atomic E-state index is 12.3. The van der Waals surface area contributed by atoms with Gasteiger partial charge in [0.1, 0.15) is 0 Å². The summed E-state index contributed by atoms with van der Waals surface area (Å²) in [6.07, 6.45) is 7.53. The summed E-state index contributed by atoms with van der Waals surface area (Å²) >= 11 is 1.70. The van der Waals surface area contributed by atoms with Gasteiger partial charge in [0.25, 0.3) is 0 Å². The fraction of sp³-hybridized carbons (Fsp3) is 0.529. The molecule has 1 amide bonds. The van der Waals surface area contributed by atoms with Gasteiger partial charge in [-0.3, -0.25) is 4.79 Å². The number of amides is 1. The highest BCUT2D eigenvalue weighted by Gasteiger charge is 2.21. The van der Waals surface area contributed by atoms with Crippen LogP contribution in [0.4, 0.5) is 0 Å². The highest BCUT2D eigenvalue weighted by Crippen LogP contribution is 2.24. The Bertz CT molecular complexity index is 583. The lowest BCUT2D eigenvalue weighted by atomic mass is 9.94. The molecule has 0 N–H and O–H groups in total. The number of aryl methyl sites for hydroxylation is 1. The summed E-state index contributed by atoms with van der Waals surface area (Å²) in [7, 11) is 1.97. The number of carbonyl (C=O) groups is 1. The van der Waals surface area contributed by atoms with Crippen LogP contribution in [-0.2, 0) is 11.2 Å². The third kappa shape index (κ3) is 3.43. The molecule has 4 heteroatoms. The smallest absolute Gasteiger partial charge is 0.222 e. The van der Waals surface area contributed by atoms with Crippen molar-refractivity contribution in [1.82, 2.24) is 9.88 Å². The van der Waals surface area contributed by atoms with Crippen LogP contribution >= 0.6 is 11.3 Å². The number of hydrogen-bond donors (Lipinski definition) is 0. The molecule has 1 aromatic heterocycles. The normalized spacial score (nSPS) is 16.2. The molecule has 0 bridgehead atoms. The minimum Gasteiger partial charge on any atom is -0.343 e. The number of para-hydroxylation sites is 1. The highest BCUT2D eigenvalue weighted by atomic mass is 32.1. The summed E-state index contributed by atoms with van der Waals surface area (Å²) in [6.45, 7) is 0. The quantitative estimate of drug-likeness (QED) is 0.854. The van der Waals surface area contributed by atoms with Crippen molar-refractivity contribution in [3.05, 3.63) is 29.3 Å². The molecule has 0 unspecified atom stereocenters. The molecule has 2 aromatic rings. The SMILES string of the molecule is CN(C(=O)CCc1nc2ccccc2s1)C1CCCCC1. The van der Waals surface area contributed by atoms with Crippen molar-refractivity contribution in [3.63, 3.8) is 0 Å². The lowest BCUT2D eigenvalue weighted by Crippen LogP contribution is -2.38. The molecule has 0 spiro atoms. The molecule has 1 aliphatic carbocycles. The van der Waals surface area contributed by atoms with Gasteiger partial charge in [-0.05, 0) is 25.0 Å². The Morgan fingerprint density at radius 3 is 2.81 bits per heavy atom. The minimum atomic E-state index is 0.265. The van der Waals surface area contributed by atoms with Gasteiger partial charge >= 0.3 is 0 Å². The van der Waals surface area contributed by atoms with Gasteiger partial charge in [-0.2, -0.15) is 0 Å². The van der Waals surface area contributed by atoms with Crippen molar-refractivity contribution < 1.29 is 4.79 Å². The van der Waals surface area contributed by atoms with E-state index in [4.69, 9.17) is 0 Å². The molecule has 0 radical (unpaired) electrons. The first-order chi connectivity index (χ1) is 10.2. The number of fused-ring (bicyclic) bond motifs is 1. The standard InChI is InChI=1S/C17H22N2OS/c1-19(13-7-3-2-4-8-13)17(20)12-11-16-18-14-9-5-6-10-15(14)21-16/h5-6,9-10,13H,2-4,7-8,11-12H2,1H3. The first-order valence-corrected chi connectivity index (χ1v) is 8.66. The molecule has 0 saturated heterocycles. The van der Waals surface area contributed by atoms with Gasteiger partial charge in [0.2, 0.25) is 5.91 Å². The van der Waals surface area contributed by atoms with Crippen molar-refractivity contribution in [3.8, 4) is 0 Å². The first kappa shape index (κ1) is 14.5. The predicted octanol–water partition coefficient (Wildman–Crippen LogP) is 4.02. The summed E-state index contributed by atoms with van der Waals surface area (Å²) in [5, 5.41) is 1.07. The summed E-state index contributed by atoms with van der Waals surface area (Å²) < 4.78 is 1.21. The first-order valence-electron chi connectivity index (χ1n) is 7.84. The molecule has 3 rings (SSSR count). The molecule has 21 heavy (non-hydrogen) atoms. The summed E-state index contributed by atoms with van der Waals surface area (Å²) in [5.74, 6) is 0.265. The maximum Gasteiger partial charge on any atom is 0.222 e. The van der Waals surface area contributed by atoms with E-state index in [1.54, 1.807) is 11.3 Å². The lowest BCUT2D eigenvalue weighted by molar-refractivity contribution is -0.132. The van der Waals surface area contributed by atoms with Gasteiger partial charge < -0.3 is 4.90 Å². The number of hydrogen-bond acceptors (Lipinski definition) is 3. The molecule has 0 atom stereocenters. The van der Waals surface area contributed by atoms with Gasteiger partial charge in [0, 0.05) is 25.9 Å². The minimum absolute atomic E-state index is 0.265. The van der Waals surface area contributed by atoms with Crippen LogP contribution in [0.5, 0.6) is 0 Å². The predicted molar refractivity (Wildman–Crippen MR) is 87.6 cm³/mol. The van der Waals surface area contributed by atoms with E-state index in [2.05, 4.69) is 11.1 Å². The number of carbonyl (C=O) groups excluding carboxylic acids is 1. The highest BCUT2D eigenvalue weighted by molar-refractivity contribution is 7.18. The largest absolute Gasteiger partial charge is 0.343 e. The van der Waals surface area contributed by atoms with E-state index in [9.17, 15) is 4.79 Å². The number of thiazole rings is 1. The van der Waals surface area contributed by atoms with Crippen LogP contribution in [0.2, 0.25) is 0 Å². The van der Waals surface area contributed by atoms with Crippen molar-refractivity contribution in [2.45, 2.75) is 51.0 Å². The average Bonchev–Trinajstić information content (AvgIpc) is 2.95. The van der Waals surface area contributed by atoms with Crippen molar-refractivity contribution >= 4 is 27.5 Å². The van der Waals surface area contributed by atoms with E-state index in [0.717, 1.165) is 16.9 Å². The van der Waals surface area contributed by atoms with Gasteiger partial charge in [-0.15, -0.1) is 11.3 Å². The molecule has 1 aromatic carbocycles. The Balaban J connectivity index is 1.57. The molecule has 1 heterocycles. The van der Waals surface area contributed by atoms with Gasteiger partial charge in [0.05, 0.1) is 15.2 Å². The Morgan fingerprint density at radius 1 is 1.29 bits per heavy atom. The van der Waals surface area contributed by atoms with Crippen LogP contribution in [0, 0.1) is 0 Å². The fourth-order valence-electron chi connectivity index (χ4n) is 3.09. The van der Waals surface area contributed by atoms with Crippen LogP contribution in [0.1, 0.15) is 43.5 Å². The molecule has 3 nitrogen and oxygen atoms in total. The van der Waals surface area contributed by atoms with Crippen LogP contribution in [0.25, 0.3) is 10.2 Å². The molecule has 112 valence electrons. The molecular formula is C17H22N2OS. The zero-order chi connectivity index (χ0) is 14.7. The van der Waals surface area contributed by atoms with E-state index in [1.807, 2.05) is 30.1 Å². The van der Waals surface area contributed by atoms with Gasteiger partial charge in [-0.1, -0.05) is 31.4 Å². The second-order valence-electron chi connectivity index (χ2n) is 5.87. The number of aromatic nitrogens is 1. The molecule has 0 aliphatic heterocycles. The van der Waals surface area contributed by atoms with Crippen LogP contribution in [0.15, 0.2) is 24.3 Å². The second kappa shape index (κ2) is 6.56. The maximum atomic E-state index is 12.3. The Morgan fingerprint density at radius 2 is 2.05 bits per heavy atom. The second-order valence-corrected chi connectivity index (χ2v) is 6.99. The third-order valence-electron chi connectivity index (χ3n) is 4.41. The summed E-state index contributed by atoms with van der Waals surface area (Å²) in [4.78, 5) is 18.9. The van der Waals surface area contributed by atoms with Gasteiger partial charge in [0.15, 0.2) is 0 Å². The van der Waals surface area contributed by atoms with E-state index in [-0.39, 0.29) is 5.91 Å². The molecule has 1 fully saturated rings. The van der Waals surface area contributed by atoms with Crippen molar-refractivity contribution in [2.24, 2.45) is 0 Å². The number of benzene rings is 1. The Kier molecular flexibility index (Phi) is 4.54. The monoisotopic (exact) mass is 302 g/mol. The molecule has 1 saturated carbocycles. The van der Waals surface area contributed by atoms with Crippen LogP contribution < -0.4 is 0 Å². The zero-order valence-electron chi connectivity index (χ0n) is 12.5. The fourth-order valence-corrected chi connectivity index (χ4v) is 4.06. The van der Waals surface area contributed by atoms with Gasteiger partial charge in [-0.25, -0.2) is 4.98 Å². The van der Waals surface area contributed by atoms with E-state index in [1.165, 1.54) is 36.8 Å². The van der Waals surface area contributed by atoms with Crippen LogP contribution in [-0.4, -0.2) is 28.9 Å². The van der Waals surface area contributed by atoms with E-state index >= 15 is 0 Å². The number of rotatable bonds is 4. The van der Waals surface area contributed by atoms with E-state index in [0.29, 0.717) is 12.5 Å². The number of nitrogens with zero attached hydrogens (tertiary/aromatic N) is 2. The van der Waals surface area contributed by atoms with Crippen LogP contribution in [0.3, 0.4) is 0 Å². The summed E-state index contributed by atoms with van der Waals surface area (Å²) in [6, 6.07) is 8.62. The zero-order valence-corrected chi connectivity index (χ0v) is 13.4. The topological polar surface area (TPSA) is 33.2 Å². The average molecular weight is 302 g/mol. The van der Waals surface area contributed by atoms with Crippen molar-refractivity contribution in [1.29, 1.82) is 0 Å². The Hall–Kier alpha value is -1.42.